The van der Waals surface area contributed by atoms with Crippen LogP contribution in [-0.2, 0) is 28.8 Å². The molecule has 0 fully saturated rings. The van der Waals surface area contributed by atoms with E-state index in [4.69, 9.17) is 11.5 Å². The Morgan fingerprint density at radius 2 is 1.31 bits per heavy atom. The molecule has 0 aliphatic heterocycles. The Hall–Kier alpha value is -3.02. The SMILES string of the molecule is CCC(C)C(NC(=O)C(NC(=O)C(CC(N)=O)NC(C)=O)C(C)C)C(=O)NC(CCCCN)C(C)=O. The molecule has 0 heterocycles. The number of nitrogens with one attached hydrogen (secondary N) is 4. The zero-order chi connectivity index (χ0) is 28.0. The Balaban J connectivity index is 5.63. The van der Waals surface area contributed by atoms with Gasteiger partial charge >= 0.3 is 0 Å². The molecule has 0 bridgehead atoms. The van der Waals surface area contributed by atoms with E-state index in [1.807, 2.05) is 6.92 Å². The van der Waals surface area contributed by atoms with Crippen LogP contribution in [0.1, 0.15) is 73.6 Å². The van der Waals surface area contributed by atoms with E-state index in [9.17, 15) is 28.8 Å². The van der Waals surface area contributed by atoms with Crippen LogP contribution in [0.3, 0.4) is 0 Å². The first-order valence-corrected chi connectivity index (χ1v) is 12.4. The summed E-state index contributed by atoms with van der Waals surface area (Å²) < 4.78 is 0. The van der Waals surface area contributed by atoms with E-state index < -0.39 is 60.1 Å². The van der Waals surface area contributed by atoms with E-state index in [0.717, 1.165) is 6.42 Å². The number of primary amides is 1. The standard InChI is InChI=1S/C24H44N6O6/c1-7-14(4)21(24(36)28-17(15(5)31)10-8-9-11-25)30-23(35)20(13(2)3)29-22(34)18(12-19(26)33)27-16(6)32/h13-14,17-18,20-21H,7-12,25H2,1-6H3,(H2,26,33)(H,27,32)(H,28,36)(H,29,34)(H,30,35). The van der Waals surface area contributed by atoms with Crippen LogP contribution >= 0.6 is 0 Å². The Morgan fingerprint density at radius 3 is 1.75 bits per heavy atom. The van der Waals surface area contributed by atoms with Crippen molar-refractivity contribution in [3.8, 4) is 0 Å². The van der Waals surface area contributed by atoms with Crippen LogP contribution in [0.4, 0.5) is 0 Å². The maximum Gasteiger partial charge on any atom is 0.243 e. The second-order valence-electron chi connectivity index (χ2n) is 9.48. The molecule has 12 heteroatoms. The van der Waals surface area contributed by atoms with Crippen molar-refractivity contribution in [3.05, 3.63) is 0 Å². The van der Waals surface area contributed by atoms with E-state index in [-0.39, 0.29) is 17.6 Å². The Labute approximate surface area is 213 Å². The fraction of sp³-hybridized carbons (Fsp3) is 0.750. The highest BCUT2D eigenvalue weighted by Crippen LogP contribution is 2.12. The molecule has 0 radical (unpaired) electrons. The summed E-state index contributed by atoms with van der Waals surface area (Å²) in [5, 5.41) is 10.3. The van der Waals surface area contributed by atoms with Crippen molar-refractivity contribution in [2.24, 2.45) is 23.3 Å². The minimum absolute atomic E-state index is 0.194. The molecule has 0 aromatic heterocycles. The lowest BCUT2D eigenvalue weighted by Crippen LogP contribution is -2.60. The number of carbonyl (C=O) groups excluding carboxylic acids is 6. The molecule has 5 amide bonds. The summed E-state index contributed by atoms with van der Waals surface area (Å²) in [5.41, 5.74) is 10.7. The Morgan fingerprint density at radius 1 is 0.750 bits per heavy atom. The predicted molar refractivity (Wildman–Crippen MR) is 135 cm³/mol. The second kappa shape index (κ2) is 16.6. The van der Waals surface area contributed by atoms with Gasteiger partial charge in [-0.05, 0) is 44.6 Å². The van der Waals surface area contributed by atoms with Crippen LogP contribution in [0.5, 0.6) is 0 Å². The topological polar surface area (TPSA) is 203 Å². The van der Waals surface area contributed by atoms with Gasteiger partial charge < -0.3 is 32.7 Å². The third-order valence-electron chi connectivity index (χ3n) is 5.89. The molecule has 0 aromatic carbocycles. The molecule has 5 atom stereocenters. The van der Waals surface area contributed by atoms with Crippen LogP contribution in [0, 0.1) is 11.8 Å². The number of rotatable bonds is 17. The number of nitrogens with two attached hydrogens (primary N) is 2. The minimum atomic E-state index is -1.24. The number of hydrogen-bond donors (Lipinski definition) is 6. The minimum Gasteiger partial charge on any atom is -0.370 e. The molecule has 0 saturated carbocycles. The largest absolute Gasteiger partial charge is 0.370 e. The maximum absolute atomic E-state index is 13.2. The highest BCUT2D eigenvalue weighted by Gasteiger charge is 2.34. The van der Waals surface area contributed by atoms with Crippen LogP contribution in [0.15, 0.2) is 0 Å². The first-order valence-electron chi connectivity index (χ1n) is 12.4. The molecular weight excluding hydrogens is 468 g/mol. The number of unbranched alkanes of at least 4 members (excludes halogenated alkanes) is 1. The molecule has 36 heavy (non-hydrogen) atoms. The Bertz CT molecular complexity index is 771. The average molecular weight is 513 g/mol. The van der Waals surface area contributed by atoms with Crippen LogP contribution in [0.2, 0.25) is 0 Å². The van der Waals surface area contributed by atoms with Crippen LogP contribution in [-0.4, -0.2) is 66.0 Å². The fourth-order valence-electron chi connectivity index (χ4n) is 3.52. The molecule has 206 valence electrons. The van der Waals surface area contributed by atoms with E-state index in [1.165, 1.54) is 13.8 Å². The summed E-state index contributed by atoms with van der Waals surface area (Å²) in [6.07, 6.45) is 1.96. The van der Waals surface area contributed by atoms with Gasteiger partial charge in [0.05, 0.1) is 12.5 Å². The highest BCUT2D eigenvalue weighted by atomic mass is 16.2. The highest BCUT2D eigenvalue weighted by molar-refractivity contribution is 5.96. The van der Waals surface area contributed by atoms with E-state index in [2.05, 4.69) is 21.3 Å². The van der Waals surface area contributed by atoms with E-state index in [1.54, 1.807) is 20.8 Å². The number of amides is 5. The van der Waals surface area contributed by atoms with Gasteiger partial charge in [-0.25, -0.2) is 0 Å². The van der Waals surface area contributed by atoms with E-state index >= 15 is 0 Å². The molecule has 0 aliphatic rings. The quantitative estimate of drug-likeness (QED) is 0.137. The van der Waals surface area contributed by atoms with Gasteiger partial charge in [0.2, 0.25) is 29.5 Å². The summed E-state index contributed by atoms with van der Waals surface area (Å²) in [5.74, 6) is -4.04. The van der Waals surface area contributed by atoms with Gasteiger partial charge in [0.1, 0.15) is 18.1 Å². The summed E-state index contributed by atoms with van der Waals surface area (Å²) in [4.78, 5) is 73.9. The van der Waals surface area contributed by atoms with Crippen molar-refractivity contribution >= 4 is 35.3 Å². The summed E-state index contributed by atoms with van der Waals surface area (Å²) in [6, 6.07) is -3.95. The molecule has 0 aromatic rings. The molecule has 12 nitrogen and oxygen atoms in total. The fourth-order valence-corrected chi connectivity index (χ4v) is 3.52. The van der Waals surface area contributed by atoms with E-state index in [0.29, 0.717) is 25.8 Å². The van der Waals surface area contributed by atoms with Gasteiger partial charge in [0.25, 0.3) is 0 Å². The average Bonchev–Trinajstić information content (AvgIpc) is 2.77. The molecule has 0 saturated heterocycles. The number of ketones is 1. The van der Waals surface area contributed by atoms with Gasteiger partial charge in [-0.2, -0.15) is 0 Å². The molecule has 0 spiro atoms. The monoisotopic (exact) mass is 512 g/mol. The number of Topliss-reactive ketones (excluding diaryl/α,β-unsaturated/α-hetero) is 1. The molecular formula is C24H44N6O6. The zero-order valence-electron chi connectivity index (χ0n) is 22.3. The third kappa shape index (κ3) is 12.1. The number of carbonyl (C=O) groups is 6. The lowest BCUT2D eigenvalue weighted by Gasteiger charge is -2.30. The van der Waals surface area contributed by atoms with Crippen LogP contribution < -0.4 is 32.7 Å². The normalized spacial score (nSPS) is 15.1. The van der Waals surface area contributed by atoms with Crippen molar-refractivity contribution in [1.29, 1.82) is 0 Å². The zero-order valence-corrected chi connectivity index (χ0v) is 22.3. The summed E-state index contributed by atoms with van der Waals surface area (Å²) in [6.45, 7) is 10.1. The van der Waals surface area contributed by atoms with Gasteiger partial charge in [0.15, 0.2) is 5.78 Å². The van der Waals surface area contributed by atoms with Crippen LogP contribution in [0.25, 0.3) is 0 Å². The third-order valence-corrected chi connectivity index (χ3v) is 5.89. The van der Waals surface area contributed by atoms with Crippen molar-refractivity contribution in [3.63, 3.8) is 0 Å². The lowest BCUT2D eigenvalue weighted by atomic mass is 9.95. The van der Waals surface area contributed by atoms with Crippen molar-refractivity contribution < 1.29 is 28.8 Å². The Kier molecular flexibility index (Phi) is 15.2. The van der Waals surface area contributed by atoms with Gasteiger partial charge in [-0.1, -0.05) is 34.1 Å². The second-order valence-corrected chi connectivity index (χ2v) is 9.48. The van der Waals surface area contributed by atoms with Crippen molar-refractivity contribution in [2.75, 3.05) is 6.54 Å². The lowest BCUT2D eigenvalue weighted by molar-refractivity contribution is -0.136. The van der Waals surface area contributed by atoms with Crippen molar-refractivity contribution in [2.45, 2.75) is 97.8 Å². The van der Waals surface area contributed by atoms with Gasteiger partial charge in [0, 0.05) is 6.92 Å². The molecule has 8 N–H and O–H groups in total. The van der Waals surface area contributed by atoms with Crippen molar-refractivity contribution in [1.82, 2.24) is 21.3 Å². The first kappa shape index (κ1) is 33.0. The van der Waals surface area contributed by atoms with Gasteiger partial charge in [-0.3, -0.25) is 28.8 Å². The molecule has 0 aliphatic carbocycles. The smallest absolute Gasteiger partial charge is 0.243 e. The molecule has 5 unspecified atom stereocenters. The summed E-state index contributed by atoms with van der Waals surface area (Å²) >= 11 is 0. The molecule has 0 rings (SSSR count). The first-order chi connectivity index (χ1) is 16.7. The van der Waals surface area contributed by atoms with Gasteiger partial charge in [-0.15, -0.1) is 0 Å². The number of hydrogen-bond acceptors (Lipinski definition) is 7. The predicted octanol–water partition coefficient (Wildman–Crippen LogP) is -0.759. The summed E-state index contributed by atoms with van der Waals surface area (Å²) in [7, 11) is 0. The maximum atomic E-state index is 13.2.